The van der Waals surface area contributed by atoms with Crippen LogP contribution in [0.2, 0.25) is 5.02 Å². The number of benzene rings is 1. The van der Waals surface area contributed by atoms with Gasteiger partial charge in [0.05, 0.1) is 19.1 Å². The molecule has 6 nitrogen and oxygen atoms in total. The van der Waals surface area contributed by atoms with Crippen molar-refractivity contribution >= 4 is 23.2 Å². The molecule has 2 fully saturated rings. The van der Waals surface area contributed by atoms with Crippen LogP contribution in [0.4, 0.5) is 14.6 Å². The number of ether oxygens (including phenoxy) is 2. The molecular weight excluding hydrogens is 440 g/mol. The second-order valence-corrected chi connectivity index (χ2v) is 9.02. The lowest BCUT2D eigenvalue weighted by Gasteiger charge is -2.20. The van der Waals surface area contributed by atoms with Gasteiger partial charge >= 0.3 is 0 Å². The molecule has 4 rings (SSSR count). The number of halogens is 3. The second kappa shape index (κ2) is 9.17. The molecule has 2 aromatic rings. The first-order chi connectivity index (χ1) is 15.2. The van der Waals surface area contributed by atoms with Gasteiger partial charge in [0.15, 0.2) is 5.82 Å². The van der Waals surface area contributed by atoms with Crippen molar-refractivity contribution in [2.24, 2.45) is 5.92 Å². The Hall–Kier alpha value is -2.48. The van der Waals surface area contributed by atoms with Crippen molar-refractivity contribution in [2.45, 2.75) is 51.1 Å². The van der Waals surface area contributed by atoms with Gasteiger partial charge in [-0.15, -0.1) is 0 Å². The molecule has 0 bridgehead atoms. The molecule has 3 atom stereocenters. The first kappa shape index (κ1) is 22.7. The summed E-state index contributed by atoms with van der Waals surface area (Å²) in [4.78, 5) is 21.6. The van der Waals surface area contributed by atoms with E-state index in [1.54, 1.807) is 6.92 Å². The maximum atomic E-state index is 13.1. The first-order valence-corrected chi connectivity index (χ1v) is 11.1. The predicted molar refractivity (Wildman–Crippen MR) is 117 cm³/mol. The van der Waals surface area contributed by atoms with E-state index in [2.05, 4.69) is 9.97 Å². The summed E-state index contributed by atoms with van der Waals surface area (Å²) in [5.74, 6) is -1.68. The number of carbonyl (C=O) groups excluding carboxylic acids is 1. The molecule has 172 valence electrons. The molecule has 1 saturated heterocycles. The van der Waals surface area contributed by atoms with Gasteiger partial charge in [-0.3, -0.25) is 0 Å². The van der Waals surface area contributed by atoms with Crippen LogP contribution in [0, 0.1) is 5.92 Å². The summed E-state index contributed by atoms with van der Waals surface area (Å²) in [7, 11) is 0. The van der Waals surface area contributed by atoms with Crippen LogP contribution in [-0.4, -0.2) is 47.5 Å². The number of Topliss-reactive ketones (excluding diaryl/α,β-unsaturated/α-hetero) is 1. The quantitative estimate of drug-likeness (QED) is 0.524. The lowest BCUT2D eigenvalue weighted by atomic mass is 9.96. The third-order valence-electron chi connectivity index (χ3n) is 5.91. The number of alkyl halides is 2. The van der Waals surface area contributed by atoms with Crippen molar-refractivity contribution in [1.82, 2.24) is 9.97 Å². The molecule has 1 aromatic heterocycles. The van der Waals surface area contributed by atoms with Gasteiger partial charge in [-0.1, -0.05) is 30.7 Å². The minimum absolute atomic E-state index is 0.0453. The smallest absolute Gasteiger partial charge is 0.255 e. The lowest BCUT2D eigenvalue weighted by Crippen LogP contribution is -2.25. The van der Waals surface area contributed by atoms with E-state index in [0.29, 0.717) is 25.3 Å². The Morgan fingerprint density at radius 3 is 2.69 bits per heavy atom. The van der Waals surface area contributed by atoms with Crippen LogP contribution in [0.1, 0.15) is 44.6 Å². The Balaban J connectivity index is 1.33. The van der Waals surface area contributed by atoms with Gasteiger partial charge in [-0.25, -0.2) is 18.7 Å². The number of ketones is 1. The van der Waals surface area contributed by atoms with E-state index in [1.807, 2.05) is 36.1 Å². The summed E-state index contributed by atoms with van der Waals surface area (Å²) < 4.78 is 37.7. The highest BCUT2D eigenvalue weighted by molar-refractivity contribution is 6.34. The number of carbonyl (C=O) groups is 1. The minimum atomic E-state index is -2.65. The molecule has 2 heterocycles. The van der Waals surface area contributed by atoms with Gasteiger partial charge in [0.2, 0.25) is 5.88 Å². The van der Waals surface area contributed by atoms with E-state index >= 15 is 0 Å². The largest absolute Gasteiger partial charge is 0.489 e. The molecule has 0 radical (unpaired) electrons. The van der Waals surface area contributed by atoms with E-state index in [0.717, 1.165) is 17.7 Å². The van der Waals surface area contributed by atoms with Crippen molar-refractivity contribution in [1.29, 1.82) is 0 Å². The Labute approximate surface area is 190 Å². The van der Waals surface area contributed by atoms with Gasteiger partial charge in [0.25, 0.3) is 5.92 Å². The van der Waals surface area contributed by atoms with Crippen LogP contribution >= 0.6 is 11.6 Å². The highest BCUT2D eigenvalue weighted by atomic mass is 35.5. The zero-order valence-electron chi connectivity index (χ0n) is 18.1. The third kappa shape index (κ3) is 5.28. The average Bonchev–Trinajstić information content (AvgIpc) is 3.12. The maximum absolute atomic E-state index is 13.1. The van der Waals surface area contributed by atoms with Crippen LogP contribution in [0.15, 0.2) is 30.6 Å². The van der Waals surface area contributed by atoms with E-state index in [-0.39, 0.29) is 41.7 Å². The van der Waals surface area contributed by atoms with Gasteiger partial charge in [0, 0.05) is 25.8 Å². The molecular formula is C23H26ClF2N3O3. The van der Waals surface area contributed by atoms with Crippen molar-refractivity contribution < 1.29 is 23.0 Å². The average molecular weight is 466 g/mol. The molecule has 32 heavy (non-hydrogen) atoms. The Morgan fingerprint density at radius 1 is 1.31 bits per heavy atom. The predicted octanol–water partition coefficient (Wildman–Crippen LogP) is 4.90. The van der Waals surface area contributed by atoms with Crippen LogP contribution in [0.3, 0.4) is 0 Å². The maximum Gasteiger partial charge on any atom is 0.255 e. The molecule has 1 saturated carbocycles. The van der Waals surface area contributed by atoms with Gasteiger partial charge in [0.1, 0.15) is 29.0 Å². The third-order valence-corrected chi connectivity index (χ3v) is 6.24. The monoisotopic (exact) mass is 465 g/mol. The molecule has 1 unspecified atom stereocenters. The number of aromatic nitrogens is 2. The zero-order valence-corrected chi connectivity index (χ0v) is 18.8. The van der Waals surface area contributed by atoms with Crippen LogP contribution in [-0.2, 0) is 4.79 Å². The molecule has 1 aliphatic carbocycles. The summed E-state index contributed by atoms with van der Waals surface area (Å²) >= 11 is 6.41. The van der Waals surface area contributed by atoms with E-state index < -0.39 is 11.8 Å². The van der Waals surface area contributed by atoms with Crippen LogP contribution in [0.25, 0.3) is 0 Å². The fourth-order valence-electron chi connectivity index (χ4n) is 3.93. The lowest BCUT2D eigenvalue weighted by molar-refractivity contribution is -0.117. The summed E-state index contributed by atoms with van der Waals surface area (Å²) in [5, 5.41) is 0.223. The second-order valence-electron chi connectivity index (χ2n) is 8.64. The highest BCUT2D eigenvalue weighted by Crippen LogP contribution is 2.48. The van der Waals surface area contributed by atoms with Gasteiger partial charge < -0.3 is 19.2 Å². The van der Waals surface area contributed by atoms with Gasteiger partial charge in [-0.2, -0.15) is 0 Å². The molecule has 0 N–H and O–H groups in total. The molecule has 1 aromatic carbocycles. The van der Waals surface area contributed by atoms with Crippen molar-refractivity contribution in [3.63, 3.8) is 0 Å². The molecule has 2 aliphatic rings. The standard InChI is InChI=1S/C23H26ClF2N3O3/c1-14(9-15(2)30)16-3-5-18(6-4-16)32-19-7-8-29(11-19)21-20(24)22(28-13-27-21)31-12-17-10-23(17,25)26/h3-6,13-14,17,19H,7-12H2,1-2H3/t14-,17?,19-/m1/s1. The molecule has 9 heteroatoms. The van der Waals surface area contributed by atoms with Crippen molar-refractivity contribution in [3.8, 4) is 11.6 Å². The van der Waals surface area contributed by atoms with Crippen LogP contribution in [0.5, 0.6) is 11.6 Å². The molecule has 0 amide bonds. The summed E-state index contributed by atoms with van der Waals surface area (Å²) in [5.41, 5.74) is 1.10. The number of rotatable bonds is 9. The molecule has 0 spiro atoms. The summed E-state index contributed by atoms with van der Waals surface area (Å²) in [6.07, 6.45) is 2.43. The summed E-state index contributed by atoms with van der Waals surface area (Å²) in [6.45, 7) is 4.79. The van der Waals surface area contributed by atoms with E-state index in [9.17, 15) is 13.6 Å². The SMILES string of the molecule is CC(=O)C[C@@H](C)c1ccc(O[C@@H]2CCN(c3ncnc(OCC4CC4(F)F)c3Cl)C2)cc1. The van der Waals surface area contributed by atoms with E-state index in [1.165, 1.54) is 6.33 Å². The number of nitrogens with zero attached hydrogens (tertiary/aromatic N) is 3. The van der Waals surface area contributed by atoms with Crippen molar-refractivity contribution in [2.75, 3.05) is 24.6 Å². The number of hydrogen-bond acceptors (Lipinski definition) is 6. The summed E-state index contributed by atoms with van der Waals surface area (Å²) in [6, 6.07) is 7.83. The van der Waals surface area contributed by atoms with E-state index in [4.69, 9.17) is 21.1 Å². The fraction of sp³-hybridized carbons (Fsp3) is 0.522. The number of anilines is 1. The Kier molecular flexibility index (Phi) is 6.51. The minimum Gasteiger partial charge on any atom is -0.489 e. The van der Waals surface area contributed by atoms with Gasteiger partial charge in [-0.05, 0) is 30.5 Å². The Bertz CT molecular complexity index is 973. The fourth-order valence-corrected chi connectivity index (χ4v) is 4.20. The Morgan fingerprint density at radius 2 is 2.03 bits per heavy atom. The molecule has 1 aliphatic heterocycles. The normalized spacial score (nSPS) is 22.5. The van der Waals surface area contributed by atoms with Crippen molar-refractivity contribution in [3.05, 3.63) is 41.2 Å². The number of hydrogen-bond donors (Lipinski definition) is 0. The first-order valence-electron chi connectivity index (χ1n) is 10.7. The van der Waals surface area contributed by atoms with Crippen LogP contribution < -0.4 is 14.4 Å². The topological polar surface area (TPSA) is 64.5 Å². The highest BCUT2D eigenvalue weighted by Gasteiger charge is 2.57. The zero-order chi connectivity index (χ0) is 22.9.